The molecule has 3 aromatic carbocycles. The van der Waals surface area contributed by atoms with E-state index < -0.39 is 9.84 Å². The topological polar surface area (TPSA) is 67.2 Å². The fourth-order valence-corrected chi connectivity index (χ4v) is 5.63. The molecule has 0 radical (unpaired) electrons. The normalized spacial score (nSPS) is 14.8. The molecule has 0 atom stereocenters. The van der Waals surface area contributed by atoms with Gasteiger partial charge in [-0.25, -0.2) is 13.1 Å². The lowest BCUT2D eigenvalue weighted by atomic mass is 10.2. The van der Waals surface area contributed by atoms with Gasteiger partial charge >= 0.3 is 0 Å². The van der Waals surface area contributed by atoms with Crippen LogP contribution < -0.4 is 10.2 Å². The van der Waals surface area contributed by atoms with E-state index in [1.165, 1.54) is 0 Å². The fraction of sp³-hybridized carbons (Fsp3) is 0.174. The monoisotopic (exact) mass is 544 g/mol. The number of hydrogen-bond donors (Lipinski definition) is 1. The van der Waals surface area contributed by atoms with Crippen LogP contribution in [0.1, 0.15) is 0 Å². The maximum absolute atomic E-state index is 13.5. The summed E-state index contributed by atoms with van der Waals surface area (Å²) < 4.78 is 29.9. The average Bonchev–Trinajstić information content (AvgIpc) is 3.20. The van der Waals surface area contributed by atoms with Crippen molar-refractivity contribution in [3.8, 4) is 5.69 Å². The number of hydrogen-bond acceptors (Lipinski definition) is 5. The lowest BCUT2D eigenvalue weighted by Crippen LogP contribution is -2.43. The number of anilines is 1. The van der Waals surface area contributed by atoms with Crippen molar-refractivity contribution in [2.45, 2.75) is 9.92 Å². The molecule has 0 aliphatic carbocycles. The number of halogens is 1. The van der Waals surface area contributed by atoms with Crippen molar-refractivity contribution in [2.75, 3.05) is 31.1 Å². The van der Waals surface area contributed by atoms with E-state index in [2.05, 4.69) is 44.0 Å². The van der Waals surface area contributed by atoms with Crippen LogP contribution in [0.25, 0.3) is 16.6 Å². The summed E-state index contributed by atoms with van der Waals surface area (Å²) in [5.74, 6) is 0. The Morgan fingerprint density at radius 3 is 2.26 bits per heavy atom. The number of fused-ring (bicyclic) bond motifs is 1. The van der Waals surface area contributed by atoms with Gasteiger partial charge in [0.1, 0.15) is 0 Å². The maximum Gasteiger partial charge on any atom is 0.226 e. The van der Waals surface area contributed by atoms with Crippen molar-refractivity contribution in [2.24, 2.45) is 0 Å². The lowest BCUT2D eigenvalue weighted by molar-refractivity contribution is 0.589. The fourth-order valence-electron chi connectivity index (χ4n) is 3.89. The van der Waals surface area contributed by atoms with Crippen LogP contribution in [0.4, 0.5) is 5.69 Å². The maximum atomic E-state index is 13.5. The van der Waals surface area contributed by atoms with Crippen LogP contribution >= 0.6 is 22.6 Å². The number of sulfone groups is 1. The van der Waals surface area contributed by atoms with Gasteiger partial charge in [-0.05, 0) is 77.2 Å². The minimum atomic E-state index is -3.77. The van der Waals surface area contributed by atoms with Gasteiger partial charge in [-0.3, -0.25) is 0 Å². The van der Waals surface area contributed by atoms with E-state index in [1.807, 2.05) is 42.5 Å². The zero-order valence-corrected chi connectivity index (χ0v) is 19.7. The Kier molecular flexibility index (Phi) is 5.45. The second-order valence-corrected chi connectivity index (χ2v) is 10.6. The molecule has 31 heavy (non-hydrogen) atoms. The van der Waals surface area contributed by atoms with Crippen molar-refractivity contribution in [1.29, 1.82) is 0 Å². The quantitative estimate of drug-likeness (QED) is 0.396. The Morgan fingerprint density at radius 2 is 1.55 bits per heavy atom. The molecule has 1 saturated heterocycles. The van der Waals surface area contributed by atoms with Gasteiger partial charge in [0.2, 0.25) is 9.84 Å². The van der Waals surface area contributed by atoms with Gasteiger partial charge in [0, 0.05) is 40.8 Å². The van der Waals surface area contributed by atoms with Gasteiger partial charge in [0.05, 0.1) is 16.1 Å². The first-order chi connectivity index (χ1) is 15.0. The Balaban J connectivity index is 1.73. The van der Waals surface area contributed by atoms with Crippen LogP contribution in [0.2, 0.25) is 0 Å². The highest BCUT2D eigenvalue weighted by Gasteiger charge is 2.26. The Morgan fingerprint density at radius 1 is 0.871 bits per heavy atom. The van der Waals surface area contributed by atoms with Gasteiger partial charge < -0.3 is 10.2 Å². The highest BCUT2D eigenvalue weighted by molar-refractivity contribution is 14.1. The van der Waals surface area contributed by atoms with Crippen LogP contribution in [0, 0.1) is 3.57 Å². The van der Waals surface area contributed by atoms with E-state index >= 15 is 0 Å². The highest BCUT2D eigenvalue weighted by Crippen LogP contribution is 2.32. The summed E-state index contributed by atoms with van der Waals surface area (Å²) in [4.78, 5) is 2.52. The van der Waals surface area contributed by atoms with Gasteiger partial charge in [-0.1, -0.05) is 18.2 Å². The third kappa shape index (κ3) is 3.83. The predicted octanol–water partition coefficient (Wildman–Crippen LogP) is 3.87. The number of benzene rings is 3. The molecule has 1 aliphatic rings. The molecule has 0 unspecified atom stereocenters. The zero-order chi connectivity index (χ0) is 21.4. The molecular formula is C23H21IN4O2S. The summed E-state index contributed by atoms with van der Waals surface area (Å²) in [7, 11) is -3.77. The minimum Gasteiger partial charge on any atom is -0.369 e. The van der Waals surface area contributed by atoms with Gasteiger partial charge in [-0.2, -0.15) is 5.10 Å². The molecule has 1 fully saturated rings. The van der Waals surface area contributed by atoms with E-state index in [9.17, 15) is 8.42 Å². The predicted molar refractivity (Wildman–Crippen MR) is 131 cm³/mol. The molecule has 6 nitrogen and oxygen atoms in total. The summed E-state index contributed by atoms with van der Waals surface area (Å²) in [5.41, 5.74) is 2.62. The van der Waals surface area contributed by atoms with E-state index in [-0.39, 0.29) is 9.92 Å². The number of rotatable bonds is 4. The van der Waals surface area contributed by atoms with Crippen LogP contribution in [0.15, 0.2) is 82.7 Å². The highest BCUT2D eigenvalue weighted by atomic mass is 127. The van der Waals surface area contributed by atoms with Gasteiger partial charge in [0.15, 0.2) is 5.03 Å². The van der Waals surface area contributed by atoms with Crippen LogP contribution in [-0.2, 0) is 9.84 Å². The molecule has 0 saturated carbocycles. The molecule has 0 amide bonds. The molecule has 158 valence electrons. The smallest absolute Gasteiger partial charge is 0.226 e. The molecular weight excluding hydrogens is 523 g/mol. The van der Waals surface area contributed by atoms with E-state index in [4.69, 9.17) is 0 Å². The Bertz CT molecular complexity index is 1330. The van der Waals surface area contributed by atoms with Crippen molar-refractivity contribution >= 4 is 49.0 Å². The lowest BCUT2D eigenvalue weighted by Gasteiger charge is -2.29. The summed E-state index contributed by atoms with van der Waals surface area (Å²) >= 11 is 2.25. The van der Waals surface area contributed by atoms with Gasteiger partial charge in [0.25, 0.3) is 0 Å². The molecule has 0 bridgehead atoms. The summed E-state index contributed by atoms with van der Waals surface area (Å²) in [6.07, 6.45) is 0. The molecule has 1 N–H and O–H groups in total. The second-order valence-electron chi connectivity index (χ2n) is 7.45. The SMILES string of the molecule is O=S(=O)(c1ccccc1)c1nn(-c2ccc(I)cc2)c2ccc(N3CCNCC3)cc12. The summed E-state index contributed by atoms with van der Waals surface area (Å²) in [6.45, 7) is 3.60. The van der Waals surface area contributed by atoms with Crippen LogP contribution in [0.5, 0.6) is 0 Å². The van der Waals surface area contributed by atoms with Crippen LogP contribution in [0.3, 0.4) is 0 Å². The van der Waals surface area contributed by atoms with E-state index in [0.717, 1.165) is 46.6 Å². The van der Waals surface area contributed by atoms with Crippen molar-refractivity contribution < 1.29 is 8.42 Å². The third-order valence-electron chi connectivity index (χ3n) is 5.49. The molecule has 4 aromatic rings. The minimum absolute atomic E-state index is 0.0873. The average molecular weight is 544 g/mol. The van der Waals surface area contributed by atoms with E-state index in [1.54, 1.807) is 28.9 Å². The standard InChI is InChI=1S/C23H21IN4O2S/c24-17-6-8-18(9-7-17)28-22-11-10-19(27-14-12-25-13-15-27)16-21(22)23(26-28)31(29,30)20-4-2-1-3-5-20/h1-11,16,25H,12-15H2. The first-order valence-corrected chi connectivity index (χ1v) is 12.6. The number of piperazine rings is 1. The number of aromatic nitrogens is 2. The third-order valence-corrected chi connectivity index (χ3v) is 7.91. The Labute approximate surface area is 194 Å². The summed E-state index contributed by atoms with van der Waals surface area (Å²) in [5, 5.41) is 8.70. The largest absolute Gasteiger partial charge is 0.369 e. The van der Waals surface area contributed by atoms with Gasteiger partial charge in [-0.15, -0.1) is 0 Å². The first kappa shape index (κ1) is 20.5. The summed E-state index contributed by atoms with van der Waals surface area (Å²) in [6, 6.07) is 22.4. The first-order valence-electron chi connectivity index (χ1n) is 10.1. The number of nitrogens with one attached hydrogen (secondary N) is 1. The second kappa shape index (κ2) is 8.25. The van der Waals surface area contributed by atoms with Crippen LogP contribution in [-0.4, -0.2) is 44.4 Å². The molecule has 0 spiro atoms. The van der Waals surface area contributed by atoms with Crippen molar-refractivity contribution in [1.82, 2.24) is 15.1 Å². The molecule has 1 aromatic heterocycles. The molecule has 5 rings (SSSR count). The zero-order valence-electron chi connectivity index (χ0n) is 16.7. The van der Waals surface area contributed by atoms with Crippen molar-refractivity contribution in [3.05, 3.63) is 76.4 Å². The number of nitrogens with zero attached hydrogens (tertiary/aromatic N) is 3. The molecule has 1 aliphatic heterocycles. The Hall–Kier alpha value is -2.43. The van der Waals surface area contributed by atoms with Crippen molar-refractivity contribution in [3.63, 3.8) is 0 Å². The molecule has 8 heteroatoms. The van der Waals surface area contributed by atoms with E-state index in [0.29, 0.717) is 5.39 Å². The molecule has 2 heterocycles.